The Morgan fingerprint density at radius 3 is 1.39 bits per heavy atom. The van der Waals surface area contributed by atoms with Crippen molar-refractivity contribution in [2.75, 3.05) is 47.5 Å². The number of rotatable bonds is 41. The highest BCUT2D eigenvalue weighted by atomic mass is 32.5. The zero-order valence-electron chi connectivity index (χ0n) is 36.0. The number of ether oxygens (including phenoxy) is 2. The fraction of sp³-hybridized carbons (Fsp3) is 0.909. The topological polar surface area (TPSA) is 91.3 Å². The molecule has 0 fully saturated rings. The number of quaternary nitrogens is 1. The van der Waals surface area contributed by atoms with E-state index in [0.29, 0.717) is 23.9 Å². The van der Waals surface area contributed by atoms with Crippen LogP contribution in [0.1, 0.15) is 206 Å². The predicted molar refractivity (Wildman–Crippen MR) is 231 cm³/mol. The van der Waals surface area contributed by atoms with E-state index in [1.54, 1.807) is 0 Å². The second-order valence-corrected chi connectivity index (χ2v) is 19.3. The molecular weight excluding hydrogens is 718 g/mol. The van der Waals surface area contributed by atoms with E-state index in [9.17, 15) is 14.5 Å². The summed E-state index contributed by atoms with van der Waals surface area (Å²) in [6, 6.07) is 0. The van der Waals surface area contributed by atoms with Crippen molar-refractivity contribution in [1.82, 2.24) is 0 Å². The second-order valence-electron chi connectivity index (χ2n) is 16.4. The molecule has 54 heavy (non-hydrogen) atoms. The molecule has 0 radical (unpaired) electrons. The Balaban J connectivity index is 4.34. The first-order chi connectivity index (χ1) is 26.0. The number of likely N-dealkylation sites (N-methyl/N-ethyl adjacent to an activating group) is 1. The zero-order chi connectivity index (χ0) is 40.0. The van der Waals surface area contributed by atoms with Crippen LogP contribution in [0.3, 0.4) is 0 Å². The second kappa shape index (κ2) is 37.7. The van der Waals surface area contributed by atoms with Crippen molar-refractivity contribution in [2.45, 2.75) is 213 Å². The normalized spacial score (nSPS) is 13.7. The van der Waals surface area contributed by atoms with Gasteiger partial charge in [0.25, 0.3) is 0 Å². The van der Waals surface area contributed by atoms with Gasteiger partial charge in [-0.25, -0.2) is 0 Å². The molecule has 2 atom stereocenters. The van der Waals surface area contributed by atoms with Gasteiger partial charge in [0, 0.05) is 12.8 Å². The van der Waals surface area contributed by atoms with E-state index < -0.39 is 12.8 Å². The van der Waals surface area contributed by atoms with Gasteiger partial charge >= 0.3 is 18.7 Å². The van der Waals surface area contributed by atoms with Crippen LogP contribution in [0.5, 0.6) is 0 Å². The molecule has 0 aromatic rings. The highest BCUT2D eigenvalue weighted by Crippen LogP contribution is 2.43. The summed E-state index contributed by atoms with van der Waals surface area (Å²) in [7, 11) is 6.06. The Kier molecular flexibility index (Phi) is 37.2. The average Bonchev–Trinajstić information content (AvgIpc) is 3.12. The molecule has 2 unspecified atom stereocenters. The highest BCUT2D eigenvalue weighted by molar-refractivity contribution is 8.07. The molecule has 8 nitrogen and oxygen atoms in total. The van der Waals surface area contributed by atoms with Gasteiger partial charge in [-0.05, 0) is 50.3 Å². The van der Waals surface area contributed by atoms with E-state index in [2.05, 4.69) is 26.0 Å². The molecule has 0 aromatic carbocycles. The molecule has 0 saturated heterocycles. The maximum absolute atomic E-state index is 12.7. The highest BCUT2D eigenvalue weighted by Gasteiger charge is 2.23. The maximum atomic E-state index is 12.7. The maximum Gasteiger partial charge on any atom is 0.324 e. The Morgan fingerprint density at radius 2 is 0.963 bits per heavy atom. The molecule has 320 valence electrons. The molecule has 0 aliphatic carbocycles. The predicted octanol–water partition coefficient (Wildman–Crippen LogP) is 12.7. The molecule has 0 bridgehead atoms. The third-order valence-electron chi connectivity index (χ3n) is 9.80. The minimum absolute atomic E-state index is 0.136. The Morgan fingerprint density at radius 1 is 0.574 bits per heavy atom. The number of esters is 2. The lowest BCUT2D eigenvalue weighted by Crippen LogP contribution is -2.37. The van der Waals surface area contributed by atoms with Gasteiger partial charge in [-0.1, -0.05) is 167 Å². The molecule has 0 aliphatic rings. The summed E-state index contributed by atoms with van der Waals surface area (Å²) in [6.45, 7) is 1.55. The van der Waals surface area contributed by atoms with Gasteiger partial charge in [0.15, 0.2) is 6.10 Å². The van der Waals surface area contributed by atoms with Gasteiger partial charge in [0.1, 0.15) is 19.8 Å². The minimum atomic E-state index is -3.54. The molecule has 0 aliphatic heterocycles. The Bertz CT molecular complexity index is 942. The summed E-state index contributed by atoms with van der Waals surface area (Å²) >= 11 is 5.18. The van der Waals surface area contributed by atoms with E-state index >= 15 is 0 Å². The van der Waals surface area contributed by atoms with E-state index in [1.807, 2.05) is 21.1 Å². The van der Waals surface area contributed by atoms with Crippen LogP contribution in [-0.4, -0.2) is 74.9 Å². The van der Waals surface area contributed by atoms with Crippen LogP contribution in [-0.2, 0) is 39.9 Å². The summed E-state index contributed by atoms with van der Waals surface area (Å²) in [4.78, 5) is 35.8. The van der Waals surface area contributed by atoms with Gasteiger partial charge in [-0.3, -0.25) is 9.59 Å². The zero-order valence-corrected chi connectivity index (χ0v) is 37.7. The first-order valence-corrected chi connectivity index (χ1v) is 25.0. The smallest absolute Gasteiger partial charge is 0.324 e. The number of carbonyl (C=O) groups excluding carboxylic acids is 2. The van der Waals surface area contributed by atoms with E-state index in [0.717, 1.165) is 51.4 Å². The van der Waals surface area contributed by atoms with Crippen molar-refractivity contribution in [2.24, 2.45) is 0 Å². The van der Waals surface area contributed by atoms with E-state index in [-0.39, 0.29) is 31.8 Å². The summed E-state index contributed by atoms with van der Waals surface area (Å²) in [5.41, 5.74) is 0. The number of unbranched alkanes of at least 4 members (excludes halogenated alkanes) is 25. The molecule has 0 heterocycles. The standard InChI is InChI=1S/C44H86NO7PS/c1-6-8-10-12-14-16-18-20-22-24-26-28-30-32-34-36-43(46)49-40-42(41-51-53(48,54)50-39-38-45(3,4)5)52-44(47)37-35-33-31-29-27-25-23-21-19-17-15-13-11-9-7-2/h20,22,42H,6-19,21,23-41H2,1-5H3/p+1/b22-20-. The quantitative estimate of drug-likeness (QED) is 0.0215. The first-order valence-electron chi connectivity index (χ1n) is 22.4. The summed E-state index contributed by atoms with van der Waals surface area (Å²) in [5, 5.41) is 0. The minimum Gasteiger partial charge on any atom is -0.462 e. The van der Waals surface area contributed by atoms with Crippen LogP contribution in [0.25, 0.3) is 0 Å². The summed E-state index contributed by atoms with van der Waals surface area (Å²) < 4.78 is 22.8. The van der Waals surface area contributed by atoms with Gasteiger partial charge in [-0.15, -0.1) is 0 Å². The lowest BCUT2D eigenvalue weighted by Gasteiger charge is -2.25. The van der Waals surface area contributed by atoms with Crippen molar-refractivity contribution in [3.05, 3.63) is 12.2 Å². The molecular formula is C44H87NO7PS+. The molecule has 10 heteroatoms. The Hall–Kier alpha value is -0.830. The summed E-state index contributed by atoms with van der Waals surface area (Å²) in [5.74, 6) is -0.678. The van der Waals surface area contributed by atoms with Crippen LogP contribution in [0, 0.1) is 0 Å². The molecule has 0 saturated carbocycles. The number of allylic oxidation sites excluding steroid dienone is 2. The fourth-order valence-corrected chi connectivity index (χ4v) is 7.39. The van der Waals surface area contributed by atoms with E-state index in [1.165, 1.54) is 128 Å². The van der Waals surface area contributed by atoms with Crippen LogP contribution < -0.4 is 0 Å². The van der Waals surface area contributed by atoms with Gasteiger partial charge in [0.2, 0.25) is 0 Å². The molecule has 0 spiro atoms. The van der Waals surface area contributed by atoms with Crippen LogP contribution >= 0.6 is 6.72 Å². The average molecular weight is 805 g/mol. The van der Waals surface area contributed by atoms with Gasteiger partial charge in [-0.2, -0.15) is 0 Å². The number of hydrogen-bond acceptors (Lipinski definition) is 7. The van der Waals surface area contributed by atoms with Crippen LogP contribution in [0.15, 0.2) is 12.2 Å². The lowest BCUT2D eigenvalue weighted by molar-refractivity contribution is -0.870. The molecule has 1 N–H and O–H groups in total. The molecule has 0 aromatic heterocycles. The SMILES string of the molecule is CCCCCCCC/C=C\CCCCCCCC(=O)OCC(COP(O)(=S)OCC[N+](C)(C)C)OC(=O)CCCCCCCCCCCCCCCCC. The van der Waals surface area contributed by atoms with Crippen LogP contribution in [0.4, 0.5) is 0 Å². The van der Waals surface area contributed by atoms with Crippen molar-refractivity contribution in [1.29, 1.82) is 0 Å². The van der Waals surface area contributed by atoms with Gasteiger partial charge in [0.05, 0.1) is 27.7 Å². The number of nitrogens with zero attached hydrogens (tertiary/aromatic N) is 1. The molecule has 0 amide bonds. The van der Waals surface area contributed by atoms with Crippen molar-refractivity contribution >= 4 is 30.5 Å². The van der Waals surface area contributed by atoms with Gasteiger partial charge < -0.3 is 27.9 Å². The van der Waals surface area contributed by atoms with Crippen molar-refractivity contribution < 1.29 is 37.5 Å². The largest absolute Gasteiger partial charge is 0.462 e. The monoisotopic (exact) mass is 805 g/mol. The third-order valence-corrected chi connectivity index (χ3v) is 11.4. The fourth-order valence-electron chi connectivity index (χ4n) is 6.24. The first kappa shape index (κ1) is 53.2. The van der Waals surface area contributed by atoms with E-state index in [4.69, 9.17) is 30.3 Å². The number of hydrogen-bond donors (Lipinski definition) is 1. The third kappa shape index (κ3) is 40.8. The van der Waals surface area contributed by atoms with Crippen molar-refractivity contribution in [3.63, 3.8) is 0 Å². The lowest BCUT2D eigenvalue weighted by atomic mass is 10.0. The van der Waals surface area contributed by atoms with Crippen LogP contribution in [0.2, 0.25) is 0 Å². The summed E-state index contributed by atoms with van der Waals surface area (Å²) in [6.07, 6.45) is 38.9. The molecule has 0 rings (SSSR count). The Labute approximate surface area is 339 Å². The number of carbonyl (C=O) groups is 2. The van der Waals surface area contributed by atoms with Crippen molar-refractivity contribution in [3.8, 4) is 0 Å².